The van der Waals surface area contributed by atoms with E-state index in [2.05, 4.69) is 22.5 Å². The van der Waals surface area contributed by atoms with E-state index in [0.29, 0.717) is 10.4 Å². The highest BCUT2D eigenvalue weighted by Crippen LogP contribution is 2.19. The highest BCUT2D eigenvalue weighted by atomic mass is 79.9. The lowest BCUT2D eigenvalue weighted by atomic mass is 10.2. The lowest BCUT2D eigenvalue weighted by Gasteiger charge is -1.88. The Balaban J connectivity index is 3.12. The van der Waals surface area contributed by atoms with Gasteiger partial charge in [0.05, 0.1) is 0 Å². The minimum atomic E-state index is -0.187. The first-order chi connectivity index (χ1) is 5.15. The van der Waals surface area contributed by atoms with Crippen LogP contribution >= 0.6 is 15.9 Å². The molecule has 0 aromatic carbocycles. The van der Waals surface area contributed by atoms with Crippen molar-refractivity contribution in [2.75, 3.05) is 0 Å². The number of hydrogen-bond donors (Lipinski definition) is 0. The van der Waals surface area contributed by atoms with E-state index in [9.17, 15) is 4.79 Å². The molecule has 0 atom stereocenters. The van der Waals surface area contributed by atoms with E-state index >= 15 is 0 Å². The first-order valence-corrected chi connectivity index (χ1v) is 3.87. The zero-order valence-electron chi connectivity index (χ0n) is 6.06. The maximum atomic E-state index is 11.0. The van der Waals surface area contributed by atoms with Crippen LogP contribution in [0.15, 0.2) is 27.8 Å². The molecule has 0 aliphatic carbocycles. The lowest BCUT2D eigenvalue weighted by molar-refractivity contribution is 0.102. The van der Waals surface area contributed by atoms with Crippen LogP contribution in [-0.4, -0.2) is 5.78 Å². The second kappa shape index (κ2) is 3.05. The zero-order chi connectivity index (χ0) is 8.43. The summed E-state index contributed by atoms with van der Waals surface area (Å²) in [6.45, 7) is 5.17. The Morgan fingerprint density at radius 2 is 2.45 bits per heavy atom. The zero-order valence-corrected chi connectivity index (χ0v) is 7.64. The molecule has 3 heteroatoms. The molecule has 1 rings (SSSR count). The van der Waals surface area contributed by atoms with E-state index in [1.165, 1.54) is 6.08 Å². The maximum absolute atomic E-state index is 11.0. The van der Waals surface area contributed by atoms with Gasteiger partial charge in [-0.05, 0) is 35.0 Å². The molecule has 0 amide bonds. The molecule has 0 unspecified atom stereocenters. The molecule has 0 N–H and O–H groups in total. The summed E-state index contributed by atoms with van der Waals surface area (Å²) >= 11 is 3.13. The Morgan fingerprint density at radius 1 is 1.82 bits per heavy atom. The van der Waals surface area contributed by atoms with E-state index in [4.69, 9.17) is 4.42 Å². The summed E-state index contributed by atoms with van der Waals surface area (Å²) in [5, 5.41) is 0. The van der Waals surface area contributed by atoms with Crippen LogP contribution in [0.2, 0.25) is 0 Å². The molecule has 0 fully saturated rings. The van der Waals surface area contributed by atoms with Crippen LogP contribution in [0.5, 0.6) is 0 Å². The van der Waals surface area contributed by atoms with Gasteiger partial charge in [0.15, 0.2) is 10.4 Å². The molecule has 2 nitrogen and oxygen atoms in total. The number of aryl methyl sites for hydroxylation is 1. The van der Waals surface area contributed by atoms with Crippen LogP contribution in [0, 0.1) is 6.92 Å². The van der Waals surface area contributed by atoms with Gasteiger partial charge >= 0.3 is 0 Å². The van der Waals surface area contributed by atoms with Crippen molar-refractivity contribution in [3.05, 3.63) is 34.7 Å². The monoisotopic (exact) mass is 214 g/mol. The third-order valence-electron chi connectivity index (χ3n) is 1.30. The molecule has 0 aliphatic rings. The molecule has 58 valence electrons. The second-order valence-corrected chi connectivity index (χ2v) is 2.91. The van der Waals surface area contributed by atoms with Gasteiger partial charge in [0.1, 0.15) is 0 Å². The van der Waals surface area contributed by atoms with Crippen LogP contribution in [0.4, 0.5) is 0 Å². The van der Waals surface area contributed by atoms with Crippen molar-refractivity contribution in [2.24, 2.45) is 0 Å². The van der Waals surface area contributed by atoms with Gasteiger partial charge in [0, 0.05) is 5.56 Å². The summed E-state index contributed by atoms with van der Waals surface area (Å²) < 4.78 is 5.63. The fraction of sp³-hybridized carbons (Fsp3) is 0.125. The summed E-state index contributed by atoms with van der Waals surface area (Å²) in [5.74, 6) is 0.167. The SMILES string of the molecule is C=CC(=O)c1oc(Br)cc1C. The van der Waals surface area contributed by atoms with Gasteiger partial charge in [0.2, 0.25) is 5.78 Å². The summed E-state index contributed by atoms with van der Waals surface area (Å²) in [4.78, 5) is 11.0. The third-order valence-corrected chi connectivity index (χ3v) is 1.69. The molecule has 1 heterocycles. The maximum Gasteiger partial charge on any atom is 0.220 e. The molecule has 0 saturated heterocycles. The Hall–Kier alpha value is -0.830. The molecular weight excluding hydrogens is 208 g/mol. The van der Waals surface area contributed by atoms with Gasteiger partial charge in [-0.3, -0.25) is 4.79 Å². The minimum Gasteiger partial charge on any atom is -0.446 e. The van der Waals surface area contributed by atoms with Crippen LogP contribution in [0.25, 0.3) is 0 Å². The van der Waals surface area contributed by atoms with Crippen molar-refractivity contribution >= 4 is 21.7 Å². The highest BCUT2D eigenvalue weighted by molar-refractivity contribution is 9.10. The van der Waals surface area contributed by atoms with Crippen molar-refractivity contribution in [1.29, 1.82) is 0 Å². The highest BCUT2D eigenvalue weighted by Gasteiger charge is 2.10. The third kappa shape index (κ3) is 1.60. The summed E-state index contributed by atoms with van der Waals surface area (Å²) in [5.41, 5.74) is 0.821. The molecule has 0 aliphatic heterocycles. The van der Waals surface area contributed by atoms with Gasteiger partial charge in [-0.1, -0.05) is 6.58 Å². The first-order valence-electron chi connectivity index (χ1n) is 3.08. The van der Waals surface area contributed by atoms with Gasteiger partial charge in [0.25, 0.3) is 0 Å². The van der Waals surface area contributed by atoms with E-state index in [1.807, 2.05) is 6.92 Å². The lowest BCUT2D eigenvalue weighted by Crippen LogP contribution is -1.92. The Labute approximate surface area is 73.0 Å². The first kappa shape index (κ1) is 8.27. The van der Waals surface area contributed by atoms with Crippen molar-refractivity contribution in [3.8, 4) is 0 Å². The van der Waals surface area contributed by atoms with Crippen LogP contribution in [0.1, 0.15) is 16.1 Å². The molecular formula is C8H7BrO2. The summed E-state index contributed by atoms with van der Waals surface area (Å²) in [6.07, 6.45) is 1.23. The van der Waals surface area contributed by atoms with Crippen molar-refractivity contribution < 1.29 is 9.21 Å². The van der Waals surface area contributed by atoms with Crippen LogP contribution in [-0.2, 0) is 0 Å². The quantitative estimate of drug-likeness (QED) is 0.560. The fourth-order valence-electron chi connectivity index (χ4n) is 0.781. The number of carbonyl (C=O) groups excluding carboxylic acids is 1. The number of ketones is 1. The van der Waals surface area contributed by atoms with Crippen molar-refractivity contribution in [1.82, 2.24) is 0 Å². The second-order valence-electron chi connectivity index (χ2n) is 2.13. The number of hydrogen-bond acceptors (Lipinski definition) is 2. The summed E-state index contributed by atoms with van der Waals surface area (Å²) in [6, 6.07) is 1.75. The largest absolute Gasteiger partial charge is 0.446 e. The topological polar surface area (TPSA) is 30.2 Å². The minimum absolute atomic E-state index is 0.187. The standard InChI is InChI=1S/C8H7BrO2/c1-3-6(10)8-5(2)4-7(9)11-8/h3-4H,1H2,2H3. The smallest absolute Gasteiger partial charge is 0.220 e. The van der Waals surface area contributed by atoms with Crippen molar-refractivity contribution in [3.63, 3.8) is 0 Å². The number of rotatable bonds is 2. The number of allylic oxidation sites excluding steroid dienone is 1. The molecule has 1 aromatic heterocycles. The van der Waals surface area contributed by atoms with Crippen molar-refractivity contribution in [2.45, 2.75) is 6.92 Å². The fourth-order valence-corrected chi connectivity index (χ4v) is 1.29. The Morgan fingerprint density at radius 3 is 2.82 bits per heavy atom. The Bertz CT molecular complexity index is 299. The van der Waals surface area contributed by atoms with Gasteiger partial charge < -0.3 is 4.42 Å². The normalized spacial score (nSPS) is 9.64. The Kier molecular flexibility index (Phi) is 2.29. The van der Waals surface area contributed by atoms with E-state index in [0.717, 1.165) is 5.56 Å². The number of carbonyl (C=O) groups is 1. The van der Waals surface area contributed by atoms with E-state index < -0.39 is 0 Å². The summed E-state index contributed by atoms with van der Waals surface area (Å²) in [7, 11) is 0. The predicted octanol–water partition coefficient (Wildman–Crippen LogP) is 2.72. The molecule has 0 bridgehead atoms. The van der Waals surface area contributed by atoms with E-state index in [1.54, 1.807) is 6.07 Å². The number of furan rings is 1. The molecule has 0 saturated carbocycles. The predicted molar refractivity (Wildman–Crippen MR) is 45.7 cm³/mol. The average molecular weight is 215 g/mol. The van der Waals surface area contributed by atoms with Crippen LogP contribution in [0.3, 0.4) is 0 Å². The number of halogens is 1. The van der Waals surface area contributed by atoms with Gasteiger partial charge in [-0.15, -0.1) is 0 Å². The molecule has 1 aromatic rings. The van der Waals surface area contributed by atoms with Gasteiger partial charge in [-0.25, -0.2) is 0 Å². The van der Waals surface area contributed by atoms with Gasteiger partial charge in [-0.2, -0.15) is 0 Å². The molecule has 0 spiro atoms. The molecule has 0 radical (unpaired) electrons. The van der Waals surface area contributed by atoms with Crippen LogP contribution < -0.4 is 0 Å². The molecule has 11 heavy (non-hydrogen) atoms. The van der Waals surface area contributed by atoms with E-state index in [-0.39, 0.29) is 5.78 Å². The average Bonchev–Trinajstić information content (AvgIpc) is 2.28.